The monoisotopic (exact) mass is 202 g/mol. The summed E-state index contributed by atoms with van der Waals surface area (Å²) in [7, 11) is 0. The van der Waals surface area contributed by atoms with Gasteiger partial charge in [-0.2, -0.15) is 0 Å². The highest BCUT2D eigenvalue weighted by molar-refractivity contribution is 5.85. The van der Waals surface area contributed by atoms with E-state index >= 15 is 0 Å². The minimum atomic E-state index is 0.0103. The van der Waals surface area contributed by atoms with Crippen molar-refractivity contribution in [1.82, 2.24) is 4.98 Å². The van der Waals surface area contributed by atoms with Gasteiger partial charge in [-0.05, 0) is 17.0 Å². The van der Waals surface area contributed by atoms with E-state index in [9.17, 15) is 5.11 Å². The molecule has 2 rings (SSSR count). The van der Waals surface area contributed by atoms with E-state index in [0.717, 1.165) is 16.3 Å². The third-order valence-corrected chi connectivity index (χ3v) is 2.66. The van der Waals surface area contributed by atoms with E-state index in [-0.39, 0.29) is 12.5 Å². The fourth-order valence-electron chi connectivity index (χ4n) is 1.80. The molecule has 1 aromatic carbocycles. The molecule has 3 heteroatoms. The number of hydrogen-bond donors (Lipinski definition) is 2. The maximum atomic E-state index is 9.24. The second-order valence-electron chi connectivity index (χ2n) is 3.56. The van der Waals surface area contributed by atoms with E-state index < -0.39 is 0 Å². The van der Waals surface area contributed by atoms with Gasteiger partial charge in [0.1, 0.15) is 0 Å². The van der Waals surface area contributed by atoms with Crippen LogP contribution in [-0.2, 0) is 0 Å². The average molecular weight is 202 g/mol. The fourth-order valence-corrected chi connectivity index (χ4v) is 1.80. The molecule has 78 valence electrons. The van der Waals surface area contributed by atoms with Gasteiger partial charge in [0, 0.05) is 30.2 Å². The molecular weight excluding hydrogens is 188 g/mol. The zero-order chi connectivity index (χ0) is 10.7. The molecule has 1 unspecified atom stereocenters. The van der Waals surface area contributed by atoms with Crippen LogP contribution in [0.2, 0.25) is 0 Å². The van der Waals surface area contributed by atoms with Crippen molar-refractivity contribution in [2.75, 3.05) is 13.2 Å². The molecule has 2 aromatic rings. The van der Waals surface area contributed by atoms with Gasteiger partial charge in [0.2, 0.25) is 0 Å². The van der Waals surface area contributed by atoms with E-state index in [4.69, 9.17) is 5.73 Å². The molecule has 1 aromatic heterocycles. The van der Waals surface area contributed by atoms with Crippen molar-refractivity contribution >= 4 is 10.8 Å². The molecule has 0 bridgehead atoms. The van der Waals surface area contributed by atoms with Crippen molar-refractivity contribution in [2.45, 2.75) is 5.92 Å². The second kappa shape index (κ2) is 4.38. The zero-order valence-electron chi connectivity index (χ0n) is 8.43. The number of benzene rings is 1. The van der Waals surface area contributed by atoms with Crippen LogP contribution in [0.5, 0.6) is 0 Å². The van der Waals surface area contributed by atoms with E-state index in [1.807, 2.05) is 30.5 Å². The highest BCUT2D eigenvalue weighted by Crippen LogP contribution is 2.24. The Hall–Kier alpha value is -1.45. The lowest BCUT2D eigenvalue weighted by Crippen LogP contribution is -2.16. The predicted octanol–water partition coefficient (Wildman–Crippen LogP) is 1.27. The predicted molar refractivity (Wildman–Crippen MR) is 60.6 cm³/mol. The van der Waals surface area contributed by atoms with Gasteiger partial charge >= 0.3 is 0 Å². The van der Waals surface area contributed by atoms with Crippen LogP contribution in [0.15, 0.2) is 36.7 Å². The molecule has 0 fully saturated rings. The SMILES string of the molecule is NCC(CO)c1cccc2cnccc12. The topological polar surface area (TPSA) is 59.1 Å². The zero-order valence-corrected chi connectivity index (χ0v) is 8.43. The van der Waals surface area contributed by atoms with Crippen molar-refractivity contribution in [2.24, 2.45) is 5.73 Å². The lowest BCUT2D eigenvalue weighted by atomic mass is 9.95. The Kier molecular flexibility index (Phi) is 2.94. The number of aliphatic hydroxyl groups is 1. The van der Waals surface area contributed by atoms with Crippen LogP contribution in [0.25, 0.3) is 10.8 Å². The number of aliphatic hydroxyl groups excluding tert-OH is 1. The highest BCUT2D eigenvalue weighted by atomic mass is 16.3. The summed E-state index contributed by atoms with van der Waals surface area (Å²) in [5.41, 5.74) is 6.73. The van der Waals surface area contributed by atoms with Crippen LogP contribution in [0.4, 0.5) is 0 Å². The number of nitrogens with two attached hydrogens (primary N) is 1. The molecule has 0 aliphatic heterocycles. The van der Waals surface area contributed by atoms with Gasteiger partial charge in [-0.15, -0.1) is 0 Å². The maximum absolute atomic E-state index is 9.24. The first kappa shape index (κ1) is 10.1. The summed E-state index contributed by atoms with van der Waals surface area (Å²) in [6, 6.07) is 7.95. The third-order valence-electron chi connectivity index (χ3n) is 2.66. The molecular formula is C12H14N2O. The van der Waals surface area contributed by atoms with E-state index in [1.165, 1.54) is 0 Å². The van der Waals surface area contributed by atoms with Gasteiger partial charge in [-0.25, -0.2) is 0 Å². The molecule has 0 saturated carbocycles. The largest absolute Gasteiger partial charge is 0.396 e. The van der Waals surface area contributed by atoms with Gasteiger partial charge in [0.15, 0.2) is 0 Å². The average Bonchev–Trinajstić information content (AvgIpc) is 2.31. The molecule has 0 spiro atoms. The number of pyridine rings is 1. The van der Waals surface area contributed by atoms with Crippen molar-refractivity contribution < 1.29 is 5.11 Å². The van der Waals surface area contributed by atoms with Crippen LogP contribution >= 0.6 is 0 Å². The Morgan fingerprint density at radius 3 is 2.93 bits per heavy atom. The van der Waals surface area contributed by atoms with Crippen LogP contribution in [0.1, 0.15) is 11.5 Å². The Morgan fingerprint density at radius 2 is 2.20 bits per heavy atom. The number of hydrogen-bond acceptors (Lipinski definition) is 3. The summed E-state index contributed by atoms with van der Waals surface area (Å²) < 4.78 is 0. The summed E-state index contributed by atoms with van der Waals surface area (Å²) in [4.78, 5) is 4.07. The standard InChI is InChI=1S/C12H14N2O/c13-6-10(8-15)11-3-1-2-9-7-14-5-4-12(9)11/h1-5,7,10,15H,6,8,13H2. The maximum Gasteiger partial charge on any atom is 0.0512 e. The Labute approximate surface area is 88.6 Å². The summed E-state index contributed by atoms with van der Waals surface area (Å²) in [5, 5.41) is 11.5. The first-order chi connectivity index (χ1) is 7.36. The number of fused-ring (bicyclic) bond motifs is 1. The van der Waals surface area contributed by atoms with E-state index in [0.29, 0.717) is 6.54 Å². The minimum Gasteiger partial charge on any atom is -0.396 e. The lowest BCUT2D eigenvalue weighted by Gasteiger charge is -2.14. The molecule has 1 heterocycles. The molecule has 15 heavy (non-hydrogen) atoms. The van der Waals surface area contributed by atoms with Gasteiger partial charge in [-0.3, -0.25) is 4.98 Å². The quantitative estimate of drug-likeness (QED) is 0.788. The molecule has 0 saturated heterocycles. The smallest absolute Gasteiger partial charge is 0.0512 e. The Balaban J connectivity index is 2.59. The van der Waals surface area contributed by atoms with Gasteiger partial charge < -0.3 is 10.8 Å². The fraction of sp³-hybridized carbons (Fsp3) is 0.250. The number of aromatic nitrogens is 1. The molecule has 0 aliphatic rings. The molecule has 0 aliphatic carbocycles. The summed E-state index contributed by atoms with van der Waals surface area (Å²) >= 11 is 0. The van der Waals surface area contributed by atoms with Crippen molar-refractivity contribution in [1.29, 1.82) is 0 Å². The first-order valence-electron chi connectivity index (χ1n) is 5.00. The molecule has 1 atom stereocenters. The van der Waals surface area contributed by atoms with Crippen molar-refractivity contribution in [3.05, 3.63) is 42.2 Å². The van der Waals surface area contributed by atoms with Crippen LogP contribution in [0, 0.1) is 0 Å². The normalized spacial score (nSPS) is 12.9. The Bertz CT molecular complexity index is 447. The second-order valence-corrected chi connectivity index (χ2v) is 3.56. The van der Waals surface area contributed by atoms with Crippen molar-refractivity contribution in [3.8, 4) is 0 Å². The molecule has 0 radical (unpaired) electrons. The van der Waals surface area contributed by atoms with Crippen molar-refractivity contribution in [3.63, 3.8) is 0 Å². The van der Waals surface area contributed by atoms with E-state index in [2.05, 4.69) is 4.98 Å². The summed E-state index contributed by atoms with van der Waals surface area (Å²) in [5.74, 6) is 0.0103. The third kappa shape index (κ3) is 1.84. The summed E-state index contributed by atoms with van der Waals surface area (Å²) in [6.45, 7) is 0.538. The lowest BCUT2D eigenvalue weighted by molar-refractivity contribution is 0.268. The van der Waals surface area contributed by atoms with E-state index in [1.54, 1.807) is 6.20 Å². The molecule has 3 nitrogen and oxygen atoms in total. The Morgan fingerprint density at radius 1 is 1.33 bits per heavy atom. The number of rotatable bonds is 3. The van der Waals surface area contributed by atoms with Crippen LogP contribution in [-0.4, -0.2) is 23.2 Å². The molecule has 0 amide bonds. The van der Waals surface area contributed by atoms with Gasteiger partial charge in [0.05, 0.1) is 6.61 Å². The summed E-state index contributed by atoms with van der Waals surface area (Å²) in [6.07, 6.45) is 3.58. The van der Waals surface area contributed by atoms with Gasteiger partial charge in [-0.1, -0.05) is 18.2 Å². The minimum absolute atomic E-state index is 0.0103. The van der Waals surface area contributed by atoms with Crippen LogP contribution < -0.4 is 5.73 Å². The number of nitrogens with zero attached hydrogens (tertiary/aromatic N) is 1. The van der Waals surface area contributed by atoms with Gasteiger partial charge in [0.25, 0.3) is 0 Å². The molecule has 3 N–H and O–H groups in total. The highest BCUT2D eigenvalue weighted by Gasteiger charge is 2.10. The van der Waals surface area contributed by atoms with Crippen LogP contribution in [0.3, 0.4) is 0 Å². The first-order valence-corrected chi connectivity index (χ1v) is 5.00.